The van der Waals surface area contributed by atoms with Gasteiger partial charge < -0.3 is 0 Å². The van der Waals surface area contributed by atoms with Gasteiger partial charge in [-0.3, -0.25) is 4.98 Å². The average Bonchev–Trinajstić information content (AvgIpc) is 3.12. The van der Waals surface area contributed by atoms with Crippen LogP contribution in [0, 0.1) is 0 Å². The molecule has 0 aliphatic heterocycles. The molecule has 0 saturated carbocycles. The second kappa shape index (κ2) is 14.3. The van der Waals surface area contributed by atoms with Gasteiger partial charge in [0.25, 0.3) is 0 Å². The van der Waals surface area contributed by atoms with E-state index in [0.717, 1.165) is 0 Å². The first-order chi connectivity index (χ1) is 13.9. The Kier molecular flexibility index (Phi) is 13.9. The van der Waals surface area contributed by atoms with Crippen molar-refractivity contribution in [3.63, 3.8) is 0 Å². The molecule has 0 atom stereocenters. The number of nitrogens with one attached hydrogen (secondary N) is 1. The summed E-state index contributed by atoms with van der Waals surface area (Å²) < 4.78 is 61.4. The topological polar surface area (TPSA) is 19.7 Å². The zero-order valence-corrected chi connectivity index (χ0v) is 19.3. The van der Waals surface area contributed by atoms with Gasteiger partial charge >= 0.3 is 33.0 Å². The Labute approximate surface area is 178 Å². The third-order valence-electron chi connectivity index (χ3n) is 4.87. The summed E-state index contributed by atoms with van der Waals surface area (Å²) >= 11 is 0. The Bertz CT molecular complexity index is 491. The molecular formula is C21H41F6N2P. The molecule has 30 heavy (non-hydrogen) atoms. The number of aryl methyl sites for hydroxylation is 1. The maximum atomic E-state index is 9.87. The Balaban J connectivity index is 0.00000103. The molecule has 0 amide bonds. The van der Waals surface area contributed by atoms with Crippen molar-refractivity contribution in [2.24, 2.45) is 0 Å². The number of hydrogen-bond donors (Lipinski definition) is 1. The first kappa shape index (κ1) is 29.2. The number of unbranched alkanes of at least 4 members (excludes halogenated alkanes) is 15. The fourth-order valence-electron chi connectivity index (χ4n) is 3.30. The van der Waals surface area contributed by atoms with Crippen LogP contribution in [0.1, 0.15) is 110 Å². The number of nitrogens with zero attached hydrogens (tertiary/aromatic N) is 1. The van der Waals surface area contributed by atoms with Crippen LogP contribution in [0.2, 0.25) is 0 Å². The third kappa shape index (κ3) is 31.9. The van der Waals surface area contributed by atoms with Crippen LogP contribution >= 0.6 is 7.81 Å². The fraction of sp³-hybridized carbons (Fsp3) is 0.857. The van der Waals surface area contributed by atoms with E-state index in [1.807, 2.05) is 12.5 Å². The van der Waals surface area contributed by atoms with Crippen molar-refractivity contribution in [1.29, 1.82) is 0 Å². The maximum absolute atomic E-state index is 10.7. The number of rotatable bonds is 17. The molecule has 0 spiro atoms. The van der Waals surface area contributed by atoms with E-state index in [9.17, 15) is 25.2 Å². The normalized spacial score (nSPS) is 14.0. The monoisotopic (exact) mass is 466 g/mol. The Morgan fingerprint density at radius 3 is 1.23 bits per heavy atom. The molecule has 0 fully saturated rings. The van der Waals surface area contributed by atoms with E-state index < -0.39 is 7.81 Å². The minimum absolute atomic E-state index is 1.17. The first-order valence-electron chi connectivity index (χ1n) is 11.5. The van der Waals surface area contributed by atoms with Crippen LogP contribution in [0.3, 0.4) is 0 Å². The fourth-order valence-corrected chi connectivity index (χ4v) is 3.30. The predicted molar refractivity (Wildman–Crippen MR) is 114 cm³/mol. The van der Waals surface area contributed by atoms with E-state index in [0.29, 0.717) is 0 Å². The standard InChI is InChI=1S/C21H40N2.F6P/c1-2-3-4-5-6-7-8-9-10-11-12-13-14-15-16-17-19-23-20-18-22-21-23;1-7(2,3,4,5)6/h18,20-21H,2-17,19H2,1H3;/q;-1/p+1. The quantitative estimate of drug-likeness (QED) is 0.102. The number of H-pyrrole nitrogens is 1. The molecular weight excluding hydrogens is 425 g/mol. The molecule has 0 bridgehead atoms. The van der Waals surface area contributed by atoms with Gasteiger partial charge in [-0.1, -0.05) is 96.8 Å². The number of halogens is 6. The molecule has 0 saturated heterocycles. The number of hydrogen-bond acceptors (Lipinski definition) is 0. The Morgan fingerprint density at radius 1 is 0.600 bits per heavy atom. The molecule has 9 heteroatoms. The van der Waals surface area contributed by atoms with Gasteiger partial charge in [0.2, 0.25) is 6.33 Å². The first-order valence-corrected chi connectivity index (χ1v) is 13.5. The van der Waals surface area contributed by atoms with Gasteiger partial charge in [-0.2, -0.15) is 0 Å². The van der Waals surface area contributed by atoms with Crippen LogP contribution < -0.4 is 4.57 Å². The zero-order valence-electron chi connectivity index (χ0n) is 18.4. The van der Waals surface area contributed by atoms with Crippen LogP contribution in [0.4, 0.5) is 25.2 Å². The van der Waals surface area contributed by atoms with Gasteiger partial charge in [0.1, 0.15) is 12.4 Å². The van der Waals surface area contributed by atoms with Crippen LogP contribution in [0.25, 0.3) is 0 Å². The molecule has 1 rings (SSSR count). The van der Waals surface area contributed by atoms with E-state index in [1.165, 1.54) is 109 Å². The van der Waals surface area contributed by atoms with E-state index in [2.05, 4.69) is 22.7 Å². The van der Waals surface area contributed by atoms with Gasteiger partial charge in [-0.05, 0) is 12.8 Å². The number of imidazole rings is 1. The molecule has 2 nitrogen and oxygen atoms in total. The summed E-state index contributed by atoms with van der Waals surface area (Å²) in [6, 6.07) is 0. The van der Waals surface area contributed by atoms with Crippen molar-refractivity contribution in [3.05, 3.63) is 18.7 Å². The summed E-state index contributed by atoms with van der Waals surface area (Å²) in [5.41, 5.74) is 0. The van der Waals surface area contributed by atoms with E-state index in [4.69, 9.17) is 0 Å². The van der Waals surface area contributed by atoms with Gasteiger partial charge in [0.05, 0.1) is 6.54 Å². The van der Waals surface area contributed by atoms with Crippen molar-refractivity contribution < 1.29 is 29.7 Å². The van der Waals surface area contributed by atoms with Crippen molar-refractivity contribution in [2.75, 3.05) is 0 Å². The molecule has 1 aromatic heterocycles. The minimum atomic E-state index is -10.7. The van der Waals surface area contributed by atoms with Crippen LogP contribution in [0.15, 0.2) is 18.7 Å². The molecule has 0 radical (unpaired) electrons. The average molecular weight is 467 g/mol. The van der Waals surface area contributed by atoms with Crippen LogP contribution in [-0.2, 0) is 6.54 Å². The molecule has 0 aliphatic rings. The van der Waals surface area contributed by atoms with Gasteiger partial charge in [0.15, 0.2) is 0 Å². The Hall–Kier alpha value is -0.780. The summed E-state index contributed by atoms with van der Waals surface area (Å²) in [7, 11) is -10.7. The van der Waals surface area contributed by atoms with Crippen LogP contribution in [-0.4, -0.2) is 4.98 Å². The van der Waals surface area contributed by atoms with Gasteiger partial charge in [-0.25, -0.2) is 4.57 Å². The van der Waals surface area contributed by atoms with Crippen molar-refractivity contribution in [3.8, 4) is 0 Å². The number of aromatic amines is 1. The molecule has 182 valence electrons. The summed E-state index contributed by atoms with van der Waals surface area (Å²) in [4.78, 5) is 3.10. The summed E-state index contributed by atoms with van der Waals surface area (Å²) in [5.74, 6) is 0. The van der Waals surface area contributed by atoms with Gasteiger partial charge in [0, 0.05) is 0 Å². The molecule has 1 aromatic rings. The SMILES string of the molecule is CCCCCCCCCCCCCCCCCC[n+]1cc[nH]c1.F[P-](F)(F)(F)(F)F. The van der Waals surface area contributed by atoms with E-state index in [-0.39, 0.29) is 0 Å². The Morgan fingerprint density at radius 2 is 0.933 bits per heavy atom. The van der Waals surface area contributed by atoms with Crippen molar-refractivity contribution >= 4 is 7.81 Å². The predicted octanol–water partition coefficient (Wildman–Crippen LogP) is 9.95. The summed E-state index contributed by atoms with van der Waals surface area (Å²) in [5, 5.41) is 0. The number of aromatic nitrogens is 2. The van der Waals surface area contributed by atoms with E-state index >= 15 is 0 Å². The van der Waals surface area contributed by atoms with E-state index in [1.54, 1.807) is 0 Å². The third-order valence-corrected chi connectivity index (χ3v) is 4.87. The second-order valence-corrected chi connectivity index (χ2v) is 10.0. The summed E-state index contributed by atoms with van der Waals surface area (Å²) in [6.45, 7) is 3.46. The van der Waals surface area contributed by atoms with Crippen molar-refractivity contribution in [2.45, 2.75) is 116 Å². The molecule has 0 unspecified atom stereocenters. The zero-order chi connectivity index (χ0) is 22.8. The molecule has 0 aliphatic carbocycles. The van der Waals surface area contributed by atoms with Crippen molar-refractivity contribution in [1.82, 2.24) is 4.98 Å². The second-order valence-electron chi connectivity index (χ2n) is 8.11. The molecule has 1 N–H and O–H groups in total. The molecule has 1 heterocycles. The summed E-state index contributed by atoms with van der Waals surface area (Å²) in [6.07, 6.45) is 29.2. The van der Waals surface area contributed by atoms with Gasteiger partial charge in [-0.15, -0.1) is 0 Å². The molecule has 0 aromatic carbocycles. The van der Waals surface area contributed by atoms with Crippen LogP contribution in [0.5, 0.6) is 0 Å².